The van der Waals surface area contributed by atoms with E-state index in [-0.39, 0.29) is 23.0 Å². The van der Waals surface area contributed by atoms with Crippen molar-refractivity contribution in [3.05, 3.63) is 42.0 Å². The van der Waals surface area contributed by atoms with Gasteiger partial charge < -0.3 is 5.32 Å². The molecule has 9 heteroatoms. The molecule has 0 spiro atoms. The van der Waals surface area contributed by atoms with Gasteiger partial charge in [-0.2, -0.15) is 0 Å². The minimum atomic E-state index is -3.13. The van der Waals surface area contributed by atoms with Crippen LogP contribution >= 0.6 is 11.8 Å². The van der Waals surface area contributed by atoms with Crippen LogP contribution in [0.15, 0.2) is 35.6 Å². The van der Waals surface area contributed by atoms with Gasteiger partial charge in [0.1, 0.15) is 11.5 Å². The number of carbonyl (C=O) groups is 1. The number of nitrogens with one attached hydrogen (secondary N) is 1. The normalized spacial score (nSPS) is 22.0. The predicted molar refractivity (Wildman–Crippen MR) is 94.4 cm³/mol. The standard InChI is InChI=1S/C16H18FN3O3S2/c1-16(7-8-25(22,23)10-16)19-14(21)13-9-18-15(24-2)20(13)12-5-3-11(17)4-6-12/h3-6,9H,7-8,10H2,1-2H3,(H,19,21). The van der Waals surface area contributed by atoms with E-state index >= 15 is 0 Å². The molecule has 134 valence electrons. The zero-order chi connectivity index (χ0) is 18.2. The lowest BCUT2D eigenvalue weighted by atomic mass is 10.0. The molecule has 2 aromatic rings. The average Bonchev–Trinajstić information content (AvgIpc) is 3.08. The fraction of sp³-hybridized carbons (Fsp3) is 0.375. The van der Waals surface area contributed by atoms with Gasteiger partial charge in [0, 0.05) is 5.69 Å². The Hall–Kier alpha value is -1.87. The van der Waals surface area contributed by atoms with Gasteiger partial charge in [-0.1, -0.05) is 11.8 Å². The van der Waals surface area contributed by atoms with Crippen LogP contribution in [0, 0.1) is 5.82 Å². The Morgan fingerprint density at radius 1 is 1.36 bits per heavy atom. The summed E-state index contributed by atoms with van der Waals surface area (Å²) >= 11 is 1.36. The van der Waals surface area contributed by atoms with Crippen molar-refractivity contribution in [1.29, 1.82) is 0 Å². The van der Waals surface area contributed by atoms with Crippen LogP contribution in [0.2, 0.25) is 0 Å². The SMILES string of the molecule is CSc1ncc(C(=O)NC2(C)CCS(=O)(=O)C2)n1-c1ccc(F)cc1. The van der Waals surface area contributed by atoms with Crippen molar-refractivity contribution in [1.82, 2.24) is 14.9 Å². The molecule has 6 nitrogen and oxygen atoms in total. The third-order valence-corrected chi connectivity index (χ3v) is 6.70. The molecule has 1 aromatic carbocycles. The van der Waals surface area contributed by atoms with Gasteiger partial charge in [0.15, 0.2) is 15.0 Å². The Kier molecular flexibility index (Phi) is 4.63. The fourth-order valence-corrected chi connectivity index (χ4v) is 5.56. The second-order valence-electron chi connectivity index (χ2n) is 6.30. The summed E-state index contributed by atoms with van der Waals surface area (Å²) in [5.74, 6) is -0.788. The highest BCUT2D eigenvalue weighted by Crippen LogP contribution is 2.25. The van der Waals surface area contributed by atoms with Gasteiger partial charge in [-0.25, -0.2) is 17.8 Å². The number of sulfone groups is 1. The number of carbonyl (C=O) groups excluding carboxylic acids is 1. The second-order valence-corrected chi connectivity index (χ2v) is 9.26. The van der Waals surface area contributed by atoms with Crippen molar-refractivity contribution in [2.24, 2.45) is 0 Å². The molecule has 2 heterocycles. The zero-order valence-corrected chi connectivity index (χ0v) is 15.5. The van der Waals surface area contributed by atoms with E-state index in [1.165, 1.54) is 30.1 Å². The van der Waals surface area contributed by atoms with Crippen LogP contribution < -0.4 is 5.32 Å². The van der Waals surface area contributed by atoms with Crippen LogP contribution in [0.25, 0.3) is 5.69 Å². The maximum Gasteiger partial charge on any atom is 0.270 e. The maximum atomic E-state index is 13.2. The number of nitrogens with zero attached hydrogens (tertiary/aromatic N) is 2. The summed E-state index contributed by atoms with van der Waals surface area (Å²) in [5.41, 5.74) is 0.0898. The number of halogens is 1. The number of imidazole rings is 1. The van der Waals surface area contributed by atoms with E-state index < -0.39 is 21.3 Å². The Bertz CT molecular complexity index is 909. The lowest BCUT2D eigenvalue weighted by molar-refractivity contribution is 0.0907. The minimum absolute atomic E-state index is 0.0665. The Morgan fingerprint density at radius 3 is 2.60 bits per heavy atom. The Balaban J connectivity index is 1.94. The monoisotopic (exact) mass is 383 g/mol. The molecule has 1 unspecified atom stereocenters. The van der Waals surface area contributed by atoms with E-state index in [0.717, 1.165) is 0 Å². The van der Waals surface area contributed by atoms with E-state index in [1.807, 2.05) is 6.26 Å². The highest BCUT2D eigenvalue weighted by Gasteiger charge is 2.40. The van der Waals surface area contributed by atoms with Crippen molar-refractivity contribution in [2.75, 3.05) is 17.8 Å². The molecule has 0 saturated carbocycles. The van der Waals surface area contributed by atoms with Crippen molar-refractivity contribution < 1.29 is 17.6 Å². The van der Waals surface area contributed by atoms with Crippen LogP contribution in [0.3, 0.4) is 0 Å². The quantitative estimate of drug-likeness (QED) is 0.817. The molecular weight excluding hydrogens is 365 g/mol. The molecular formula is C16H18FN3O3S2. The summed E-state index contributed by atoms with van der Waals surface area (Å²) in [6.07, 6.45) is 3.65. The van der Waals surface area contributed by atoms with Crippen molar-refractivity contribution >= 4 is 27.5 Å². The van der Waals surface area contributed by atoms with Gasteiger partial charge in [-0.05, 0) is 43.9 Å². The molecule has 0 aliphatic carbocycles. The Morgan fingerprint density at radius 2 is 2.04 bits per heavy atom. The first kappa shape index (κ1) is 17.9. The van der Waals surface area contributed by atoms with Crippen LogP contribution in [-0.4, -0.2) is 47.2 Å². The molecule has 1 atom stereocenters. The number of amides is 1. The number of aromatic nitrogens is 2. The summed E-state index contributed by atoms with van der Waals surface area (Å²) in [5, 5.41) is 3.41. The van der Waals surface area contributed by atoms with Crippen LogP contribution in [0.4, 0.5) is 4.39 Å². The van der Waals surface area contributed by atoms with Crippen LogP contribution in [0.1, 0.15) is 23.8 Å². The third-order valence-electron chi connectivity index (χ3n) is 4.15. The molecule has 1 N–H and O–H groups in total. The van der Waals surface area contributed by atoms with Crippen molar-refractivity contribution in [2.45, 2.75) is 24.0 Å². The summed E-state index contributed by atoms with van der Waals surface area (Å²) in [4.78, 5) is 17.0. The molecule has 3 rings (SSSR count). The molecule has 25 heavy (non-hydrogen) atoms. The topological polar surface area (TPSA) is 81.1 Å². The van der Waals surface area contributed by atoms with E-state index in [0.29, 0.717) is 17.3 Å². The van der Waals surface area contributed by atoms with Gasteiger partial charge in [0.2, 0.25) is 0 Å². The summed E-state index contributed by atoms with van der Waals surface area (Å²) < 4.78 is 38.3. The number of thioether (sulfide) groups is 1. The minimum Gasteiger partial charge on any atom is -0.344 e. The van der Waals surface area contributed by atoms with E-state index in [1.54, 1.807) is 23.6 Å². The van der Waals surface area contributed by atoms with Gasteiger partial charge in [0.05, 0.1) is 23.2 Å². The summed E-state index contributed by atoms with van der Waals surface area (Å²) in [6.45, 7) is 1.73. The largest absolute Gasteiger partial charge is 0.344 e. The number of hydrogen-bond donors (Lipinski definition) is 1. The third kappa shape index (κ3) is 3.72. The number of rotatable bonds is 4. The van der Waals surface area contributed by atoms with Gasteiger partial charge in [-0.3, -0.25) is 9.36 Å². The maximum absolute atomic E-state index is 13.2. The zero-order valence-electron chi connectivity index (χ0n) is 13.8. The van der Waals surface area contributed by atoms with Gasteiger partial charge in [-0.15, -0.1) is 0 Å². The molecule has 1 aliphatic heterocycles. The smallest absolute Gasteiger partial charge is 0.270 e. The first-order valence-electron chi connectivity index (χ1n) is 7.64. The van der Waals surface area contributed by atoms with E-state index in [9.17, 15) is 17.6 Å². The molecule has 1 aliphatic rings. The Labute approximate surface area is 149 Å². The van der Waals surface area contributed by atoms with E-state index in [2.05, 4.69) is 10.3 Å². The average molecular weight is 383 g/mol. The molecule has 1 saturated heterocycles. The van der Waals surface area contributed by atoms with Crippen LogP contribution in [-0.2, 0) is 9.84 Å². The molecule has 1 aromatic heterocycles. The van der Waals surface area contributed by atoms with Crippen molar-refractivity contribution in [3.8, 4) is 5.69 Å². The highest BCUT2D eigenvalue weighted by atomic mass is 32.2. The van der Waals surface area contributed by atoms with Crippen LogP contribution in [0.5, 0.6) is 0 Å². The molecule has 0 radical (unpaired) electrons. The molecule has 0 bridgehead atoms. The second kappa shape index (κ2) is 6.45. The van der Waals surface area contributed by atoms with E-state index in [4.69, 9.17) is 0 Å². The summed E-state index contributed by atoms with van der Waals surface area (Å²) in [7, 11) is -3.13. The molecule has 1 fully saturated rings. The van der Waals surface area contributed by atoms with Gasteiger partial charge in [0.25, 0.3) is 5.91 Å². The first-order chi connectivity index (χ1) is 11.7. The van der Waals surface area contributed by atoms with Gasteiger partial charge >= 0.3 is 0 Å². The predicted octanol–water partition coefficient (Wildman–Crippen LogP) is 2.04. The highest BCUT2D eigenvalue weighted by molar-refractivity contribution is 7.98. The first-order valence-corrected chi connectivity index (χ1v) is 10.7. The fourth-order valence-electron chi connectivity index (χ4n) is 2.93. The number of benzene rings is 1. The molecule has 1 amide bonds. The van der Waals surface area contributed by atoms with Crippen molar-refractivity contribution in [3.63, 3.8) is 0 Å². The lowest BCUT2D eigenvalue weighted by Gasteiger charge is -2.24. The summed E-state index contributed by atoms with van der Waals surface area (Å²) in [6, 6.07) is 5.75. The lowest BCUT2D eigenvalue weighted by Crippen LogP contribution is -2.47. The number of hydrogen-bond acceptors (Lipinski definition) is 5.